The summed E-state index contributed by atoms with van der Waals surface area (Å²) in [7, 11) is 1.73. The van der Waals surface area contributed by atoms with Gasteiger partial charge in [-0.25, -0.2) is 0 Å². The lowest BCUT2D eigenvalue weighted by Crippen LogP contribution is -1.95. The van der Waals surface area contributed by atoms with Crippen molar-refractivity contribution in [2.75, 3.05) is 7.11 Å². The minimum atomic E-state index is 0.985. The van der Waals surface area contributed by atoms with Crippen LogP contribution in [0.15, 0.2) is 12.1 Å². The van der Waals surface area contributed by atoms with Gasteiger partial charge in [-0.1, -0.05) is 13.8 Å². The molecule has 0 radical (unpaired) electrons. The smallest absolute Gasteiger partial charge is 0.119 e. The van der Waals surface area contributed by atoms with Crippen LogP contribution in [-0.2, 0) is 12.8 Å². The molecule has 0 bridgehead atoms. The first-order valence-corrected chi connectivity index (χ1v) is 4.89. The molecular weight excluding hydrogens is 160 g/mol. The maximum Gasteiger partial charge on any atom is 0.119 e. The van der Waals surface area contributed by atoms with Crippen molar-refractivity contribution in [3.05, 3.63) is 28.8 Å². The van der Waals surface area contributed by atoms with Crippen LogP contribution >= 0.6 is 0 Å². The van der Waals surface area contributed by atoms with Crippen molar-refractivity contribution in [2.24, 2.45) is 0 Å². The van der Waals surface area contributed by atoms with Crippen molar-refractivity contribution in [2.45, 2.75) is 33.6 Å². The minimum absolute atomic E-state index is 0.985. The zero-order valence-electron chi connectivity index (χ0n) is 8.98. The van der Waals surface area contributed by atoms with Gasteiger partial charge in [0.25, 0.3) is 0 Å². The topological polar surface area (TPSA) is 9.23 Å². The summed E-state index contributed by atoms with van der Waals surface area (Å²) in [4.78, 5) is 0. The molecule has 0 atom stereocenters. The number of aryl methyl sites for hydroxylation is 2. The third-order valence-electron chi connectivity index (χ3n) is 2.59. The first-order chi connectivity index (χ1) is 6.22. The normalized spacial score (nSPS) is 10.2. The largest absolute Gasteiger partial charge is 0.497 e. The van der Waals surface area contributed by atoms with Gasteiger partial charge in [0.2, 0.25) is 0 Å². The van der Waals surface area contributed by atoms with Crippen LogP contribution < -0.4 is 4.74 Å². The predicted molar refractivity (Wildman–Crippen MR) is 56.5 cm³/mol. The van der Waals surface area contributed by atoms with Gasteiger partial charge >= 0.3 is 0 Å². The Kier molecular flexibility index (Phi) is 3.35. The van der Waals surface area contributed by atoms with Crippen molar-refractivity contribution >= 4 is 0 Å². The van der Waals surface area contributed by atoms with Crippen LogP contribution in [0, 0.1) is 6.92 Å². The number of hydrogen-bond donors (Lipinski definition) is 0. The zero-order valence-corrected chi connectivity index (χ0v) is 8.98. The quantitative estimate of drug-likeness (QED) is 0.691. The molecule has 1 heteroatoms. The Balaban J connectivity index is 3.20. The summed E-state index contributed by atoms with van der Waals surface area (Å²) in [6.45, 7) is 6.56. The molecule has 0 N–H and O–H groups in total. The molecule has 1 aromatic carbocycles. The van der Waals surface area contributed by atoms with Crippen LogP contribution in [0.3, 0.4) is 0 Å². The van der Waals surface area contributed by atoms with E-state index in [0.29, 0.717) is 0 Å². The standard InChI is InChI=1S/C12H18O/c1-5-10-7-12(13-4)8-11(6-2)9(10)3/h7-8H,5-6H2,1-4H3. The van der Waals surface area contributed by atoms with E-state index in [1.165, 1.54) is 16.7 Å². The maximum atomic E-state index is 5.25. The summed E-state index contributed by atoms with van der Waals surface area (Å²) in [5, 5.41) is 0. The Bertz CT molecular complexity index is 264. The average molecular weight is 178 g/mol. The maximum absolute atomic E-state index is 5.25. The van der Waals surface area contributed by atoms with Gasteiger partial charge in [-0.2, -0.15) is 0 Å². The van der Waals surface area contributed by atoms with E-state index in [0.717, 1.165) is 18.6 Å². The summed E-state index contributed by atoms with van der Waals surface area (Å²) < 4.78 is 5.25. The summed E-state index contributed by atoms with van der Waals surface area (Å²) in [6, 6.07) is 4.27. The molecule has 0 aliphatic rings. The molecule has 0 aliphatic carbocycles. The number of methoxy groups -OCH3 is 1. The summed E-state index contributed by atoms with van der Waals surface area (Å²) in [5.41, 5.74) is 4.22. The lowest BCUT2D eigenvalue weighted by molar-refractivity contribution is 0.413. The minimum Gasteiger partial charge on any atom is -0.497 e. The Morgan fingerprint density at radius 2 is 1.54 bits per heavy atom. The average Bonchev–Trinajstić information content (AvgIpc) is 2.18. The van der Waals surface area contributed by atoms with Crippen molar-refractivity contribution in [3.8, 4) is 5.75 Å². The van der Waals surface area contributed by atoms with Crippen molar-refractivity contribution in [1.82, 2.24) is 0 Å². The van der Waals surface area contributed by atoms with Gasteiger partial charge < -0.3 is 4.74 Å². The lowest BCUT2D eigenvalue weighted by Gasteiger charge is -2.11. The highest BCUT2D eigenvalue weighted by molar-refractivity contribution is 5.41. The third kappa shape index (κ3) is 2.03. The fourth-order valence-corrected chi connectivity index (χ4v) is 1.66. The van der Waals surface area contributed by atoms with Crippen LogP contribution in [0.25, 0.3) is 0 Å². The Labute approximate surface area is 80.7 Å². The van der Waals surface area contributed by atoms with E-state index in [2.05, 4.69) is 32.9 Å². The Morgan fingerprint density at radius 1 is 1.08 bits per heavy atom. The molecule has 0 aromatic heterocycles. The molecule has 0 unspecified atom stereocenters. The first-order valence-electron chi connectivity index (χ1n) is 4.89. The lowest BCUT2D eigenvalue weighted by atomic mass is 9.98. The zero-order chi connectivity index (χ0) is 9.84. The van der Waals surface area contributed by atoms with Crippen LogP contribution in [0.4, 0.5) is 0 Å². The number of benzene rings is 1. The molecule has 0 saturated heterocycles. The molecule has 0 aliphatic heterocycles. The van der Waals surface area contributed by atoms with Crippen molar-refractivity contribution in [1.29, 1.82) is 0 Å². The van der Waals surface area contributed by atoms with E-state index in [-0.39, 0.29) is 0 Å². The number of rotatable bonds is 3. The number of hydrogen-bond acceptors (Lipinski definition) is 1. The second kappa shape index (κ2) is 4.31. The molecular formula is C12H18O. The summed E-state index contributed by atoms with van der Waals surface area (Å²) in [6.07, 6.45) is 2.16. The van der Waals surface area contributed by atoms with Gasteiger partial charge in [0.05, 0.1) is 7.11 Å². The SMILES string of the molecule is CCc1cc(OC)cc(CC)c1C. The van der Waals surface area contributed by atoms with Crippen LogP contribution in [0.1, 0.15) is 30.5 Å². The molecule has 0 saturated carbocycles. The monoisotopic (exact) mass is 178 g/mol. The summed E-state index contributed by atoms with van der Waals surface area (Å²) >= 11 is 0. The van der Waals surface area contributed by atoms with E-state index in [4.69, 9.17) is 4.74 Å². The van der Waals surface area contributed by atoms with Gasteiger partial charge in [0, 0.05) is 0 Å². The van der Waals surface area contributed by atoms with Gasteiger partial charge in [0.15, 0.2) is 0 Å². The second-order valence-electron chi connectivity index (χ2n) is 3.28. The molecule has 1 nitrogen and oxygen atoms in total. The van der Waals surface area contributed by atoms with Crippen LogP contribution in [0.2, 0.25) is 0 Å². The van der Waals surface area contributed by atoms with Crippen LogP contribution in [-0.4, -0.2) is 7.11 Å². The molecule has 0 fully saturated rings. The highest BCUT2D eigenvalue weighted by Crippen LogP contribution is 2.22. The van der Waals surface area contributed by atoms with E-state index >= 15 is 0 Å². The fourth-order valence-electron chi connectivity index (χ4n) is 1.66. The number of ether oxygens (including phenoxy) is 1. The van der Waals surface area contributed by atoms with Gasteiger partial charge in [0.1, 0.15) is 5.75 Å². The Hall–Kier alpha value is -0.980. The molecule has 13 heavy (non-hydrogen) atoms. The van der Waals surface area contributed by atoms with E-state index < -0.39 is 0 Å². The molecule has 1 rings (SSSR count). The van der Waals surface area contributed by atoms with Crippen molar-refractivity contribution < 1.29 is 4.74 Å². The van der Waals surface area contributed by atoms with E-state index in [9.17, 15) is 0 Å². The highest BCUT2D eigenvalue weighted by atomic mass is 16.5. The van der Waals surface area contributed by atoms with Crippen LogP contribution in [0.5, 0.6) is 5.75 Å². The molecule has 0 heterocycles. The van der Waals surface area contributed by atoms with E-state index in [1.54, 1.807) is 7.11 Å². The van der Waals surface area contributed by atoms with Gasteiger partial charge in [-0.05, 0) is 48.6 Å². The highest BCUT2D eigenvalue weighted by Gasteiger charge is 2.04. The third-order valence-corrected chi connectivity index (χ3v) is 2.59. The first kappa shape index (κ1) is 10.1. The van der Waals surface area contributed by atoms with E-state index in [1.807, 2.05) is 0 Å². The fraction of sp³-hybridized carbons (Fsp3) is 0.500. The predicted octanol–water partition coefficient (Wildman–Crippen LogP) is 3.13. The molecule has 72 valence electrons. The Morgan fingerprint density at radius 3 is 1.85 bits per heavy atom. The van der Waals surface area contributed by atoms with Gasteiger partial charge in [-0.15, -0.1) is 0 Å². The molecule has 1 aromatic rings. The second-order valence-corrected chi connectivity index (χ2v) is 3.28. The summed E-state index contributed by atoms with van der Waals surface area (Å²) in [5.74, 6) is 0.985. The van der Waals surface area contributed by atoms with Gasteiger partial charge in [-0.3, -0.25) is 0 Å². The molecule has 0 amide bonds. The van der Waals surface area contributed by atoms with Crippen molar-refractivity contribution in [3.63, 3.8) is 0 Å². The molecule has 0 spiro atoms.